The van der Waals surface area contributed by atoms with Crippen molar-refractivity contribution in [3.63, 3.8) is 0 Å². The van der Waals surface area contributed by atoms with Gasteiger partial charge in [0.2, 0.25) is 0 Å². The summed E-state index contributed by atoms with van der Waals surface area (Å²) in [5.74, 6) is -1.14. The van der Waals surface area contributed by atoms with Gasteiger partial charge in [-0.1, -0.05) is 116 Å². The van der Waals surface area contributed by atoms with Crippen molar-refractivity contribution in [2.24, 2.45) is 17.3 Å². The molecule has 0 saturated carbocycles. The summed E-state index contributed by atoms with van der Waals surface area (Å²) >= 11 is 0. The third-order valence-corrected chi connectivity index (χ3v) is 14.4. The van der Waals surface area contributed by atoms with E-state index in [9.17, 15) is 9.90 Å². The summed E-state index contributed by atoms with van der Waals surface area (Å²) in [7, 11) is -2.61. The van der Waals surface area contributed by atoms with Gasteiger partial charge >= 0.3 is 0 Å². The quantitative estimate of drug-likeness (QED) is 0.255. The number of aliphatic hydroxyl groups is 1. The third-order valence-electron chi connectivity index (χ3n) is 9.27. The molecule has 1 N–H and O–H groups in total. The van der Waals surface area contributed by atoms with Crippen molar-refractivity contribution in [3.05, 3.63) is 60.7 Å². The van der Waals surface area contributed by atoms with Crippen molar-refractivity contribution < 1.29 is 23.8 Å². The van der Waals surface area contributed by atoms with Crippen LogP contribution in [0.3, 0.4) is 0 Å². The summed E-state index contributed by atoms with van der Waals surface area (Å²) in [6, 6.07) is 21.5. The number of rotatable bonds is 13. The smallest absolute Gasteiger partial charge is 0.261 e. The van der Waals surface area contributed by atoms with Crippen molar-refractivity contribution in [2.75, 3.05) is 6.61 Å². The van der Waals surface area contributed by atoms with E-state index in [2.05, 4.69) is 95.3 Å². The molecule has 1 saturated heterocycles. The predicted octanol–water partition coefficient (Wildman–Crippen LogP) is 6.89. The number of aliphatic hydroxyl groups excluding tert-OH is 1. The first kappa shape index (κ1) is 34.7. The Labute approximate surface area is 256 Å². The van der Waals surface area contributed by atoms with E-state index in [0.29, 0.717) is 13.0 Å². The number of hydrogen-bond acceptors (Lipinski definition) is 5. The van der Waals surface area contributed by atoms with Crippen LogP contribution in [-0.2, 0) is 18.7 Å². The maximum atomic E-state index is 13.6. The van der Waals surface area contributed by atoms with Crippen molar-refractivity contribution in [1.82, 2.24) is 0 Å². The Morgan fingerprint density at radius 3 is 1.95 bits per heavy atom. The average Bonchev–Trinajstić information content (AvgIpc) is 2.94. The summed E-state index contributed by atoms with van der Waals surface area (Å²) < 4.78 is 19.1. The summed E-state index contributed by atoms with van der Waals surface area (Å²) in [5, 5.41) is 13.8. The summed E-state index contributed by atoms with van der Waals surface area (Å²) in [5.41, 5.74) is -0.709. The van der Waals surface area contributed by atoms with Crippen molar-refractivity contribution >= 4 is 24.5 Å². The van der Waals surface area contributed by atoms with Crippen LogP contribution in [-0.4, -0.2) is 49.9 Å². The molecular formula is C36H56O5Si. The van der Waals surface area contributed by atoms with Gasteiger partial charge in [-0.3, -0.25) is 4.79 Å². The topological polar surface area (TPSA) is 65.0 Å². The van der Waals surface area contributed by atoms with E-state index in [1.807, 2.05) is 34.6 Å². The number of ether oxygens (including phenoxy) is 2. The van der Waals surface area contributed by atoms with E-state index >= 15 is 0 Å². The monoisotopic (exact) mass is 596 g/mol. The number of benzene rings is 2. The SMILES string of the molecule is CC(CCC[C@H](C)C(O)[C@@H](C)C(=O)C(C)(C)[C@@H]1CCOC(C)(C)O1)O[Si](c1ccccc1)(c1ccccc1)C(C)(C)C. The first-order valence-electron chi connectivity index (χ1n) is 15.9. The third kappa shape index (κ3) is 7.81. The maximum Gasteiger partial charge on any atom is 0.261 e. The largest absolute Gasteiger partial charge is 0.405 e. The Kier molecular flexibility index (Phi) is 11.4. The van der Waals surface area contributed by atoms with E-state index in [1.165, 1.54) is 10.4 Å². The second-order valence-electron chi connectivity index (χ2n) is 14.5. The van der Waals surface area contributed by atoms with E-state index in [-0.39, 0.29) is 28.9 Å². The van der Waals surface area contributed by atoms with Gasteiger partial charge in [0, 0.05) is 12.0 Å². The normalized spacial score (nSPS) is 20.9. The van der Waals surface area contributed by atoms with Crippen molar-refractivity contribution in [2.45, 2.75) is 124 Å². The van der Waals surface area contributed by atoms with Gasteiger partial charge in [-0.25, -0.2) is 0 Å². The molecule has 0 bridgehead atoms. The maximum absolute atomic E-state index is 13.6. The van der Waals surface area contributed by atoms with Gasteiger partial charge in [0.25, 0.3) is 8.32 Å². The van der Waals surface area contributed by atoms with Gasteiger partial charge in [0.15, 0.2) is 5.79 Å². The molecule has 2 aromatic carbocycles. The molecule has 6 heteroatoms. The lowest BCUT2D eigenvalue weighted by Crippen LogP contribution is -2.67. The van der Waals surface area contributed by atoms with E-state index in [1.54, 1.807) is 0 Å². The molecule has 1 fully saturated rings. The molecule has 5 nitrogen and oxygen atoms in total. The van der Waals surface area contributed by atoms with Crippen LogP contribution in [0.1, 0.15) is 94.9 Å². The Morgan fingerprint density at radius 1 is 0.952 bits per heavy atom. The molecule has 234 valence electrons. The zero-order chi connectivity index (χ0) is 31.3. The Morgan fingerprint density at radius 2 is 1.48 bits per heavy atom. The lowest BCUT2D eigenvalue weighted by molar-refractivity contribution is -0.289. The summed E-state index contributed by atoms with van der Waals surface area (Å²) in [6.07, 6.45) is 2.40. The molecule has 0 radical (unpaired) electrons. The first-order chi connectivity index (χ1) is 19.5. The van der Waals surface area contributed by atoms with Gasteiger partial charge in [-0.15, -0.1) is 0 Å². The second kappa shape index (κ2) is 13.9. The molecule has 0 aromatic heterocycles. The molecule has 0 aliphatic carbocycles. The lowest BCUT2D eigenvalue weighted by Gasteiger charge is -2.44. The molecule has 0 amide bonds. The van der Waals surface area contributed by atoms with Crippen molar-refractivity contribution in [3.8, 4) is 0 Å². The van der Waals surface area contributed by atoms with Gasteiger partial charge in [-0.2, -0.15) is 0 Å². The van der Waals surface area contributed by atoms with Gasteiger partial charge in [-0.05, 0) is 61.4 Å². The van der Waals surface area contributed by atoms with Crippen LogP contribution < -0.4 is 10.4 Å². The summed E-state index contributed by atoms with van der Waals surface area (Å²) in [6.45, 7) is 21.2. The number of ketones is 1. The van der Waals surface area contributed by atoms with Crippen LogP contribution in [0.4, 0.5) is 0 Å². The number of carbonyl (C=O) groups excluding carboxylic acids is 1. The molecular weight excluding hydrogens is 540 g/mol. The van der Waals surface area contributed by atoms with Crippen LogP contribution in [0.5, 0.6) is 0 Å². The Balaban J connectivity index is 1.66. The molecule has 2 aromatic rings. The first-order valence-corrected chi connectivity index (χ1v) is 17.8. The minimum Gasteiger partial charge on any atom is -0.405 e. The van der Waals surface area contributed by atoms with Crippen LogP contribution in [0.2, 0.25) is 5.04 Å². The Hall–Kier alpha value is -1.83. The molecule has 1 aliphatic rings. The fourth-order valence-corrected chi connectivity index (χ4v) is 11.4. The van der Waals surface area contributed by atoms with Crippen molar-refractivity contribution in [1.29, 1.82) is 0 Å². The minimum absolute atomic E-state index is 0.00753. The molecule has 3 rings (SSSR count). The molecule has 5 atom stereocenters. The Bertz CT molecular complexity index is 1080. The fraction of sp³-hybridized carbons (Fsp3) is 0.639. The molecule has 0 spiro atoms. The lowest BCUT2D eigenvalue weighted by atomic mass is 9.72. The van der Waals surface area contributed by atoms with E-state index in [0.717, 1.165) is 19.3 Å². The molecule has 2 unspecified atom stereocenters. The highest BCUT2D eigenvalue weighted by Gasteiger charge is 2.51. The summed E-state index contributed by atoms with van der Waals surface area (Å²) in [4.78, 5) is 13.6. The number of carbonyl (C=O) groups is 1. The molecule has 1 aliphatic heterocycles. The highest BCUT2D eigenvalue weighted by atomic mass is 28.4. The van der Waals surface area contributed by atoms with Crippen LogP contribution in [0.15, 0.2) is 60.7 Å². The van der Waals surface area contributed by atoms with Crippen LogP contribution >= 0.6 is 0 Å². The highest BCUT2D eigenvalue weighted by Crippen LogP contribution is 2.39. The number of hydrogen-bond donors (Lipinski definition) is 1. The molecule has 1 heterocycles. The van der Waals surface area contributed by atoms with E-state index in [4.69, 9.17) is 13.9 Å². The van der Waals surface area contributed by atoms with Gasteiger partial charge in [0.1, 0.15) is 5.78 Å². The standard InChI is InChI=1S/C36H56O5Si/c1-26(32(37)28(3)33(38)35(7,8)31-24-25-39-36(9,10)40-31)18-17-19-27(2)41-42(34(4,5)6,29-20-13-11-14-21-29)30-22-15-12-16-23-30/h11-16,20-23,26-28,31-32,37H,17-19,24-25H2,1-10H3/t26-,27?,28+,31-,32?/m0/s1. The van der Waals surface area contributed by atoms with Crippen LogP contribution in [0, 0.1) is 17.3 Å². The highest BCUT2D eigenvalue weighted by molar-refractivity contribution is 6.99. The zero-order valence-corrected chi connectivity index (χ0v) is 28.8. The van der Waals surface area contributed by atoms with Gasteiger partial charge < -0.3 is 19.0 Å². The fourth-order valence-electron chi connectivity index (χ4n) is 6.70. The van der Waals surface area contributed by atoms with E-state index < -0.39 is 31.5 Å². The zero-order valence-electron chi connectivity index (χ0n) is 27.8. The minimum atomic E-state index is -2.61. The van der Waals surface area contributed by atoms with Gasteiger partial charge in [0.05, 0.1) is 24.2 Å². The average molecular weight is 597 g/mol. The molecule has 42 heavy (non-hydrogen) atoms. The van der Waals surface area contributed by atoms with Crippen LogP contribution in [0.25, 0.3) is 0 Å². The number of Topliss-reactive ketones (excluding diaryl/α,β-unsaturated/α-hetero) is 1. The second-order valence-corrected chi connectivity index (χ2v) is 18.8. The predicted molar refractivity (Wildman–Crippen MR) is 175 cm³/mol.